The van der Waals surface area contributed by atoms with E-state index >= 15 is 0 Å². The van der Waals surface area contributed by atoms with E-state index in [1.54, 1.807) is 17.5 Å². The van der Waals surface area contributed by atoms with Crippen LogP contribution in [-0.2, 0) is 10.0 Å². The lowest BCUT2D eigenvalue weighted by Crippen LogP contribution is -2.19. The molecule has 33 heavy (non-hydrogen) atoms. The van der Waals surface area contributed by atoms with Crippen LogP contribution in [0.25, 0.3) is 11.3 Å². The number of sulfonamides is 1. The molecule has 0 atom stereocenters. The van der Waals surface area contributed by atoms with Gasteiger partial charge in [0.2, 0.25) is 0 Å². The van der Waals surface area contributed by atoms with Gasteiger partial charge in [-0.05, 0) is 54.6 Å². The summed E-state index contributed by atoms with van der Waals surface area (Å²) in [5, 5.41) is 4.76. The fourth-order valence-corrected chi connectivity index (χ4v) is 5.18. The highest BCUT2D eigenvalue weighted by atomic mass is 79.9. The predicted molar refractivity (Wildman–Crippen MR) is 135 cm³/mol. The Morgan fingerprint density at radius 3 is 2.24 bits per heavy atom. The van der Waals surface area contributed by atoms with E-state index < -0.39 is 21.7 Å². The predicted octanol–water partition coefficient (Wildman–Crippen LogP) is 6.53. The first kappa shape index (κ1) is 23.6. The van der Waals surface area contributed by atoms with Gasteiger partial charge in [-0.15, -0.1) is 11.3 Å². The number of anilines is 2. The van der Waals surface area contributed by atoms with E-state index in [0.29, 0.717) is 15.3 Å². The van der Waals surface area contributed by atoms with Crippen molar-refractivity contribution in [2.75, 3.05) is 10.0 Å². The number of aromatic nitrogens is 1. The molecular formula is C22H14Br2FN3O3S2. The number of amides is 1. The van der Waals surface area contributed by atoms with Gasteiger partial charge in [0, 0.05) is 19.9 Å². The number of nitrogens with zero attached hydrogens (tertiary/aromatic N) is 1. The lowest BCUT2D eigenvalue weighted by molar-refractivity contribution is 0.102. The highest BCUT2D eigenvalue weighted by Crippen LogP contribution is 2.28. The van der Waals surface area contributed by atoms with Crippen molar-refractivity contribution in [3.05, 3.63) is 92.4 Å². The lowest BCUT2D eigenvalue weighted by Gasteiger charge is -2.12. The van der Waals surface area contributed by atoms with Crippen molar-refractivity contribution in [2.45, 2.75) is 4.90 Å². The van der Waals surface area contributed by atoms with Crippen LogP contribution in [0.2, 0.25) is 0 Å². The third-order valence-corrected chi connectivity index (χ3v) is 7.66. The molecule has 1 aromatic heterocycles. The molecule has 2 N–H and O–H groups in total. The largest absolute Gasteiger partial charge is 0.298 e. The zero-order valence-corrected chi connectivity index (χ0v) is 21.4. The second-order valence-electron chi connectivity index (χ2n) is 6.75. The molecular weight excluding hydrogens is 597 g/mol. The molecule has 0 unspecified atom stereocenters. The smallest absolute Gasteiger partial charge is 0.261 e. The summed E-state index contributed by atoms with van der Waals surface area (Å²) in [5.41, 5.74) is 1.33. The summed E-state index contributed by atoms with van der Waals surface area (Å²) < 4.78 is 43.3. The highest BCUT2D eigenvalue weighted by molar-refractivity contribution is 9.10. The molecule has 1 amide bonds. The highest BCUT2D eigenvalue weighted by Gasteiger charge is 2.20. The van der Waals surface area contributed by atoms with Crippen molar-refractivity contribution in [3.63, 3.8) is 0 Å². The van der Waals surface area contributed by atoms with Gasteiger partial charge in [0.15, 0.2) is 5.13 Å². The normalized spacial score (nSPS) is 11.2. The molecule has 0 fully saturated rings. The summed E-state index contributed by atoms with van der Waals surface area (Å²) in [7, 11) is -4.05. The molecule has 0 aliphatic heterocycles. The van der Waals surface area contributed by atoms with Gasteiger partial charge < -0.3 is 0 Å². The number of carbonyl (C=O) groups is 1. The van der Waals surface area contributed by atoms with Crippen LogP contribution in [0.5, 0.6) is 0 Å². The molecule has 1 heterocycles. The standard InChI is InChI=1S/C22H14Br2FN3O3S2/c23-14-3-1-13(2-4-14)20-12-32-22(26-20)27-21(29)18-10-7-16(25)11-19(18)28-33(30,31)17-8-5-15(24)6-9-17/h1-12,28H,(H,26,27,29). The van der Waals surface area contributed by atoms with Crippen molar-refractivity contribution >= 4 is 69.9 Å². The number of benzene rings is 3. The maximum Gasteiger partial charge on any atom is 0.261 e. The maximum atomic E-state index is 13.9. The molecule has 11 heteroatoms. The van der Waals surface area contributed by atoms with Crippen molar-refractivity contribution < 1.29 is 17.6 Å². The minimum atomic E-state index is -4.05. The number of halogens is 3. The average molecular weight is 611 g/mol. The fourth-order valence-electron chi connectivity index (χ4n) is 2.87. The van der Waals surface area contributed by atoms with Gasteiger partial charge in [-0.3, -0.25) is 14.8 Å². The third-order valence-electron chi connectivity index (χ3n) is 4.46. The molecule has 0 spiro atoms. The minimum absolute atomic E-state index is 0.0274. The molecule has 0 radical (unpaired) electrons. The van der Waals surface area contributed by atoms with E-state index in [9.17, 15) is 17.6 Å². The molecule has 4 aromatic rings. The molecule has 3 aromatic carbocycles. The van der Waals surface area contributed by atoms with Crippen molar-refractivity contribution in [1.82, 2.24) is 4.98 Å². The summed E-state index contributed by atoms with van der Waals surface area (Å²) in [6, 6.07) is 16.7. The first-order valence-corrected chi connectivity index (χ1v) is 13.3. The fraction of sp³-hybridized carbons (Fsp3) is 0. The van der Waals surface area contributed by atoms with Crippen LogP contribution < -0.4 is 10.0 Å². The Hall–Kier alpha value is -2.60. The maximum absolute atomic E-state index is 13.9. The van der Waals surface area contributed by atoms with Crippen LogP contribution in [0.15, 0.2) is 86.0 Å². The molecule has 0 aliphatic carbocycles. The number of nitrogens with one attached hydrogen (secondary N) is 2. The van der Waals surface area contributed by atoms with Gasteiger partial charge in [0.25, 0.3) is 15.9 Å². The van der Waals surface area contributed by atoms with Gasteiger partial charge in [-0.25, -0.2) is 17.8 Å². The number of hydrogen-bond donors (Lipinski definition) is 2. The van der Waals surface area contributed by atoms with E-state index in [0.717, 1.165) is 22.2 Å². The first-order valence-electron chi connectivity index (χ1n) is 9.32. The lowest BCUT2D eigenvalue weighted by atomic mass is 10.1. The second kappa shape index (κ2) is 9.72. The van der Waals surface area contributed by atoms with E-state index in [1.165, 1.54) is 29.5 Å². The topological polar surface area (TPSA) is 88.2 Å². The molecule has 0 saturated carbocycles. The zero-order valence-electron chi connectivity index (χ0n) is 16.6. The average Bonchev–Trinajstić information content (AvgIpc) is 3.22. The van der Waals surface area contributed by atoms with Gasteiger partial charge in [-0.2, -0.15) is 0 Å². The number of carbonyl (C=O) groups excluding carboxylic acids is 1. The third kappa shape index (κ3) is 5.67. The Morgan fingerprint density at radius 1 is 0.939 bits per heavy atom. The quantitative estimate of drug-likeness (QED) is 0.260. The van der Waals surface area contributed by atoms with Crippen LogP contribution in [0, 0.1) is 5.82 Å². The Bertz CT molecular complexity index is 1420. The zero-order chi connectivity index (χ0) is 23.6. The van der Waals surface area contributed by atoms with Crippen molar-refractivity contribution in [2.24, 2.45) is 0 Å². The minimum Gasteiger partial charge on any atom is -0.298 e. The molecule has 4 rings (SSSR count). The van der Waals surface area contributed by atoms with Crippen molar-refractivity contribution in [3.8, 4) is 11.3 Å². The first-order chi connectivity index (χ1) is 15.7. The van der Waals surface area contributed by atoms with Gasteiger partial charge in [0.05, 0.1) is 21.8 Å². The van der Waals surface area contributed by atoms with Crippen molar-refractivity contribution in [1.29, 1.82) is 0 Å². The van der Waals surface area contributed by atoms with Crippen LogP contribution in [-0.4, -0.2) is 19.3 Å². The van der Waals surface area contributed by atoms with E-state index in [1.807, 2.05) is 24.3 Å². The van der Waals surface area contributed by atoms with Gasteiger partial charge in [0.1, 0.15) is 5.82 Å². The Morgan fingerprint density at radius 2 is 1.58 bits per heavy atom. The van der Waals surface area contributed by atoms with Gasteiger partial charge >= 0.3 is 0 Å². The van der Waals surface area contributed by atoms with E-state index in [-0.39, 0.29) is 16.1 Å². The molecule has 0 saturated heterocycles. The summed E-state index contributed by atoms with van der Waals surface area (Å²) in [4.78, 5) is 17.3. The molecule has 0 bridgehead atoms. The number of hydrogen-bond acceptors (Lipinski definition) is 5. The molecule has 6 nitrogen and oxygen atoms in total. The SMILES string of the molecule is O=C(Nc1nc(-c2ccc(Br)cc2)cs1)c1ccc(F)cc1NS(=O)(=O)c1ccc(Br)cc1. The van der Waals surface area contributed by atoms with E-state index in [4.69, 9.17) is 0 Å². The van der Waals surface area contributed by atoms with Crippen LogP contribution >= 0.6 is 43.2 Å². The van der Waals surface area contributed by atoms with Crippen LogP contribution in [0.3, 0.4) is 0 Å². The number of thiazole rings is 1. The van der Waals surface area contributed by atoms with E-state index in [2.05, 4.69) is 46.9 Å². The number of rotatable bonds is 6. The van der Waals surface area contributed by atoms with Crippen LogP contribution in [0.1, 0.15) is 10.4 Å². The van der Waals surface area contributed by atoms with Crippen LogP contribution in [0.4, 0.5) is 15.2 Å². The molecule has 168 valence electrons. The Labute approximate surface area is 210 Å². The monoisotopic (exact) mass is 609 g/mol. The summed E-state index contributed by atoms with van der Waals surface area (Å²) in [5.74, 6) is -1.31. The summed E-state index contributed by atoms with van der Waals surface area (Å²) in [6.07, 6.45) is 0. The Kier molecular flexibility index (Phi) is 6.94. The Balaban J connectivity index is 1.58. The second-order valence-corrected chi connectivity index (χ2v) is 11.1. The summed E-state index contributed by atoms with van der Waals surface area (Å²) in [6.45, 7) is 0. The summed E-state index contributed by atoms with van der Waals surface area (Å²) >= 11 is 7.85. The molecule has 0 aliphatic rings. The van der Waals surface area contributed by atoms with Gasteiger partial charge in [-0.1, -0.05) is 44.0 Å².